The van der Waals surface area contributed by atoms with E-state index in [2.05, 4.69) is 12.1 Å². The van der Waals surface area contributed by atoms with E-state index < -0.39 is 0 Å². The van der Waals surface area contributed by atoms with E-state index in [1.54, 1.807) is 0 Å². The van der Waals surface area contributed by atoms with Crippen LogP contribution in [-0.2, 0) is 9.47 Å². The van der Waals surface area contributed by atoms with Crippen LogP contribution in [0.1, 0.15) is 32.4 Å². The lowest BCUT2D eigenvalue weighted by atomic mass is 10.1. The molecule has 0 saturated carbocycles. The molecule has 0 N–H and O–H groups in total. The summed E-state index contributed by atoms with van der Waals surface area (Å²) in [4.78, 5) is 0. The lowest BCUT2D eigenvalue weighted by Gasteiger charge is -2.24. The standard InChI is InChI=1S/C14H18O2/c1-11-9-13(12-7-5-4-6-8-12)15-10-14(2,3)16-11/h4-9,13H,10H2,1-3H3. The van der Waals surface area contributed by atoms with Crippen molar-refractivity contribution in [3.05, 3.63) is 47.7 Å². The Morgan fingerprint density at radius 1 is 1.19 bits per heavy atom. The fourth-order valence-electron chi connectivity index (χ4n) is 1.89. The summed E-state index contributed by atoms with van der Waals surface area (Å²) in [5.74, 6) is 0.927. The molecule has 16 heavy (non-hydrogen) atoms. The summed E-state index contributed by atoms with van der Waals surface area (Å²) in [5.41, 5.74) is 0.924. The summed E-state index contributed by atoms with van der Waals surface area (Å²) in [7, 11) is 0. The number of ether oxygens (including phenoxy) is 2. The first-order valence-corrected chi connectivity index (χ1v) is 5.61. The quantitative estimate of drug-likeness (QED) is 0.718. The molecule has 0 amide bonds. The summed E-state index contributed by atoms with van der Waals surface area (Å²) in [5, 5.41) is 0. The van der Waals surface area contributed by atoms with Crippen molar-refractivity contribution in [2.24, 2.45) is 0 Å². The van der Waals surface area contributed by atoms with Crippen LogP contribution < -0.4 is 0 Å². The maximum absolute atomic E-state index is 5.87. The summed E-state index contributed by atoms with van der Waals surface area (Å²) < 4.78 is 11.7. The molecule has 1 aromatic rings. The SMILES string of the molecule is CC1=CC(c2ccccc2)OCC(C)(C)O1. The second-order valence-corrected chi connectivity index (χ2v) is 4.78. The summed E-state index contributed by atoms with van der Waals surface area (Å²) >= 11 is 0. The lowest BCUT2D eigenvalue weighted by Crippen LogP contribution is -2.28. The van der Waals surface area contributed by atoms with Crippen molar-refractivity contribution in [1.29, 1.82) is 0 Å². The minimum absolute atomic E-state index is 0.00275. The summed E-state index contributed by atoms with van der Waals surface area (Å²) in [6.45, 7) is 6.65. The van der Waals surface area contributed by atoms with Gasteiger partial charge < -0.3 is 9.47 Å². The zero-order chi connectivity index (χ0) is 11.6. The van der Waals surface area contributed by atoms with Crippen molar-refractivity contribution >= 4 is 0 Å². The second kappa shape index (κ2) is 4.30. The molecule has 0 bridgehead atoms. The van der Waals surface area contributed by atoms with E-state index in [0.29, 0.717) is 6.61 Å². The van der Waals surface area contributed by atoms with E-state index in [1.165, 1.54) is 5.56 Å². The van der Waals surface area contributed by atoms with Gasteiger partial charge in [-0.15, -0.1) is 0 Å². The molecule has 1 aliphatic rings. The topological polar surface area (TPSA) is 18.5 Å². The molecule has 2 heteroatoms. The number of rotatable bonds is 1. The maximum atomic E-state index is 5.87. The minimum Gasteiger partial charge on any atom is -0.490 e. The molecule has 1 unspecified atom stereocenters. The van der Waals surface area contributed by atoms with Gasteiger partial charge in [-0.05, 0) is 32.4 Å². The predicted octanol–water partition coefficient (Wildman–Crippen LogP) is 3.46. The van der Waals surface area contributed by atoms with E-state index in [1.807, 2.05) is 45.0 Å². The molecule has 2 rings (SSSR count). The molecule has 0 aliphatic carbocycles. The van der Waals surface area contributed by atoms with Gasteiger partial charge in [-0.25, -0.2) is 0 Å². The highest BCUT2D eigenvalue weighted by molar-refractivity contribution is 5.22. The Balaban J connectivity index is 2.22. The third-order valence-electron chi connectivity index (χ3n) is 2.56. The van der Waals surface area contributed by atoms with Gasteiger partial charge in [0.05, 0.1) is 12.4 Å². The van der Waals surface area contributed by atoms with Crippen molar-refractivity contribution in [3.63, 3.8) is 0 Å². The fourth-order valence-corrected chi connectivity index (χ4v) is 1.89. The third-order valence-corrected chi connectivity index (χ3v) is 2.56. The highest BCUT2D eigenvalue weighted by Gasteiger charge is 2.26. The van der Waals surface area contributed by atoms with E-state index in [9.17, 15) is 0 Å². The summed E-state index contributed by atoms with van der Waals surface area (Å²) in [6.07, 6.45) is 2.03. The highest BCUT2D eigenvalue weighted by Crippen LogP contribution is 2.28. The van der Waals surface area contributed by atoms with Crippen molar-refractivity contribution in [2.75, 3.05) is 6.61 Å². The first-order valence-electron chi connectivity index (χ1n) is 5.61. The van der Waals surface area contributed by atoms with Crippen LogP contribution in [0.2, 0.25) is 0 Å². The molecule has 0 saturated heterocycles. The van der Waals surface area contributed by atoms with Gasteiger partial charge in [-0.2, -0.15) is 0 Å². The van der Waals surface area contributed by atoms with Crippen LogP contribution in [0.15, 0.2) is 42.2 Å². The van der Waals surface area contributed by atoms with Crippen LogP contribution in [0.3, 0.4) is 0 Å². The van der Waals surface area contributed by atoms with Crippen molar-refractivity contribution < 1.29 is 9.47 Å². The van der Waals surface area contributed by atoms with Gasteiger partial charge in [0.1, 0.15) is 11.7 Å². The molecule has 0 spiro atoms. The Kier molecular flexibility index (Phi) is 3.01. The summed E-state index contributed by atoms with van der Waals surface area (Å²) in [6, 6.07) is 10.2. The maximum Gasteiger partial charge on any atom is 0.126 e. The van der Waals surface area contributed by atoms with Gasteiger partial charge in [-0.1, -0.05) is 30.3 Å². The Labute approximate surface area is 96.9 Å². The van der Waals surface area contributed by atoms with Crippen molar-refractivity contribution in [2.45, 2.75) is 32.5 Å². The van der Waals surface area contributed by atoms with Crippen LogP contribution in [-0.4, -0.2) is 12.2 Å². The molecular formula is C14H18O2. The van der Waals surface area contributed by atoms with E-state index in [0.717, 1.165) is 5.76 Å². The minimum atomic E-state index is -0.246. The van der Waals surface area contributed by atoms with E-state index in [4.69, 9.17) is 9.47 Å². The predicted molar refractivity (Wildman–Crippen MR) is 64.1 cm³/mol. The fraction of sp³-hybridized carbons (Fsp3) is 0.429. The van der Waals surface area contributed by atoms with Crippen LogP contribution in [0.25, 0.3) is 0 Å². The van der Waals surface area contributed by atoms with Crippen LogP contribution in [0.5, 0.6) is 0 Å². The smallest absolute Gasteiger partial charge is 0.126 e. The van der Waals surface area contributed by atoms with Crippen LogP contribution in [0, 0.1) is 0 Å². The second-order valence-electron chi connectivity index (χ2n) is 4.78. The lowest BCUT2D eigenvalue weighted by molar-refractivity contribution is -0.0412. The number of allylic oxidation sites excluding steroid dienone is 1. The molecule has 1 aromatic carbocycles. The van der Waals surface area contributed by atoms with Gasteiger partial charge in [-0.3, -0.25) is 0 Å². The first-order chi connectivity index (χ1) is 7.57. The molecule has 1 aliphatic heterocycles. The number of hydrogen-bond donors (Lipinski definition) is 0. The zero-order valence-electron chi connectivity index (χ0n) is 10.1. The Hall–Kier alpha value is -1.28. The average molecular weight is 218 g/mol. The largest absolute Gasteiger partial charge is 0.490 e. The third kappa shape index (κ3) is 2.64. The molecule has 1 heterocycles. The Bertz CT molecular complexity index is 379. The number of benzene rings is 1. The Morgan fingerprint density at radius 2 is 1.88 bits per heavy atom. The van der Waals surface area contributed by atoms with Crippen molar-refractivity contribution in [1.82, 2.24) is 0 Å². The number of hydrogen-bond acceptors (Lipinski definition) is 2. The Morgan fingerprint density at radius 3 is 2.56 bits per heavy atom. The van der Waals surface area contributed by atoms with Gasteiger partial charge in [0.2, 0.25) is 0 Å². The van der Waals surface area contributed by atoms with Crippen molar-refractivity contribution in [3.8, 4) is 0 Å². The van der Waals surface area contributed by atoms with Crippen LogP contribution >= 0.6 is 0 Å². The highest BCUT2D eigenvalue weighted by atomic mass is 16.6. The molecule has 1 atom stereocenters. The molecule has 0 aromatic heterocycles. The van der Waals surface area contributed by atoms with Gasteiger partial charge in [0.25, 0.3) is 0 Å². The van der Waals surface area contributed by atoms with Crippen LogP contribution in [0.4, 0.5) is 0 Å². The molecule has 2 nitrogen and oxygen atoms in total. The van der Waals surface area contributed by atoms with Gasteiger partial charge in [0.15, 0.2) is 0 Å². The molecule has 86 valence electrons. The molecule has 0 radical (unpaired) electrons. The monoisotopic (exact) mass is 218 g/mol. The normalized spacial score (nSPS) is 24.2. The average Bonchev–Trinajstić information content (AvgIpc) is 2.37. The van der Waals surface area contributed by atoms with Gasteiger partial charge >= 0.3 is 0 Å². The first kappa shape index (κ1) is 11.2. The van der Waals surface area contributed by atoms with E-state index in [-0.39, 0.29) is 11.7 Å². The molecule has 0 fully saturated rings. The molecular weight excluding hydrogens is 200 g/mol. The van der Waals surface area contributed by atoms with Gasteiger partial charge in [0, 0.05) is 0 Å². The van der Waals surface area contributed by atoms with E-state index >= 15 is 0 Å². The zero-order valence-corrected chi connectivity index (χ0v) is 10.1.